The molecule has 1 saturated heterocycles. The molecule has 1 amide bonds. The van der Waals surface area contributed by atoms with Gasteiger partial charge in [0.25, 0.3) is 5.91 Å². The number of aromatic nitrogens is 1. The lowest BCUT2D eigenvalue weighted by molar-refractivity contribution is 0.0753. The van der Waals surface area contributed by atoms with Crippen molar-refractivity contribution in [2.24, 2.45) is 11.8 Å². The van der Waals surface area contributed by atoms with Gasteiger partial charge in [0.15, 0.2) is 0 Å². The molecule has 1 aromatic rings. The van der Waals surface area contributed by atoms with Gasteiger partial charge in [-0.3, -0.25) is 4.79 Å². The van der Waals surface area contributed by atoms with Gasteiger partial charge in [-0.1, -0.05) is 13.8 Å². The number of amides is 1. The quantitative estimate of drug-likeness (QED) is 0.846. The van der Waals surface area contributed by atoms with E-state index in [9.17, 15) is 4.79 Å². The van der Waals surface area contributed by atoms with Crippen LogP contribution in [0.15, 0.2) is 12.3 Å². The minimum Gasteiger partial charge on any atom is -0.397 e. The van der Waals surface area contributed by atoms with E-state index < -0.39 is 0 Å². The minimum absolute atomic E-state index is 0.0797. The van der Waals surface area contributed by atoms with Crippen molar-refractivity contribution in [2.75, 3.05) is 18.8 Å². The van der Waals surface area contributed by atoms with Crippen molar-refractivity contribution in [3.05, 3.63) is 18.0 Å². The molecule has 1 aliphatic rings. The molecule has 0 saturated carbocycles. The lowest BCUT2D eigenvalue weighted by Crippen LogP contribution is -2.32. The Balaban J connectivity index is 1.99. The van der Waals surface area contributed by atoms with E-state index in [-0.39, 0.29) is 5.91 Å². The molecule has 0 bridgehead atoms. The summed E-state index contributed by atoms with van der Waals surface area (Å²) in [5, 5.41) is 0. The van der Waals surface area contributed by atoms with E-state index in [1.54, 1.807) is 12.3 Å². The van der Waals surface area contributed by atoms with Crippen LogP contribution in [0.5, 0.6) is 0 Å². The molecular formula is C14H23N3O. The topological polar surface area (TPSA) is 62.1 Å². The Kier molecular flexibility index (Phi) is 3.94. The van der Waals surface area contributed by atoms with Gasteiger partial charge in [0.05, 0.1) is 0 Å². The number of nitrogens with one attached hydrogen (secondary N) is 1. The van der Waals surface area contributed by atoms with Crippen LogP contribution < -0.4 is 5.73 Å². The molecule has 1 aliphatic heterocycles. The van der Waals surface area contributed by atoms with Crippen LogP contribution in [0.25, 0.3) is 0 Å². The molecule has 1 fully saturated rings. The second-order valence-corrected chi connectivity index (χ2v) is 5.57. The molecule has 2 rings (SSSR count). The van der Waals surface area contributed by atoms with Gasteiger partial charge >= 0.3 is 0 Å². The highest BCUT2D eigenvalue weighted by molar-refractivity contribution is 5.93. The molecule has 2 heterocycles. The van der Waals surface area contributed by atoms with Gasteiger partial charge in [-0.25, -0.2) is 0 Å². The summed E-state index contributed by atoms with van der Waals surface area (Å²) in [5.74, 6) is 1.54. The molecule has 0 radical (unpaired) electrons. The summed E-state index contributed by atoms with van der Waals surface area (Å²) in [6, 6.07) is 1.72. The largest absolute Gasteiger partial charge is 0.397 e. The maximum Gasteiger partial charge on any atom is 0.270 e. The van der Waals surface area contributed by atoms with Crippen molar-refractivity contribution in [3.8, 4) is 0 Å². The Hall–Kier alpha value is -1.45. The lowest BCUT2D eigenvalue weighted by Gasteiger charge is -2.21. The third-order valence-electron chi connectivity index (χ3n) is 3.94. The zero-order valence-electron chi connectivity index (χ0n) is 11.3. The number of carbonyl (C=O) groups excluding carboxylic acids is 1. The third kappa shape index (κ3) is 2.86. The number of H-pyrrole nitrogens is 1. The number of nitrogens with two attached hydrogens (primary N) is 1. The summed E-state index contributed by atoms with van der Waals surface area (Å²) < 4.78 is 0. The Morgan fingerprint density at radius 1 is 1.44 bits per heavy atom. The average Bonchev–Trinajstić information content (AvgIpc) is 2.63. The summed E-state index contributed by atoms with van der Waals surface area (Å²) in [4.78, 5) is 17.2. The van der Waals surface area contributed by atoms with Crippen LogP contribution in [0.1, 0.15) is 43.6 Å². The number of rotatable bonds is 2. The standard InChI is InChI=1S/C14H23N3O/c1-10(2)11-4-3-6-17(7-5-11)14(18)13-8-12(15)9-16-13/h8-11,16H,3-7,15H2,1-2H3. The van der Waals surface area contributed by atoms with E-state index in [0.717, 1.165) is 31.8 Å². The molecule has 1 unspecified atom stereocenters. The highest BCUT2D eigenvalue weighted by atomic mass is 16.2. The first-order valence-electron chi connectivity index (χ1n) is 6.81. The number of nitrogen functional groups attached to an aromatic ring is 1. The molecule has 0 aliphatic carbocycles. The monoisotopic (exact) mass is 249 g/mol. The number of likely N-dealkylation sites (tertiary alicyclic amines) is 1. The van der Waals surface area contributed by atoms with Crippen LogP contribution in [0.3, 0.4) is 0 Å². The molecule has 4 heteroatoms. The number of nitrogens with zero attached hydrogens (tertiary/aromatic N) is 1. The van der Waals surface area contributed by atoms with E-state index in [2.05, 4.69) is 18.8 Å². The van der Waals surface area contributed by atoms with Gasteiger partial charge in [0, 0.05) is 25.0 Å². The lowest BCUT2D eigenvalue weighted by atomic mass is 9.89. The Morgan fingerprint density at radius 3 is 2.83 bits per heavy atom. The van der Waals surface area contributed by atoms with E-state index in [1.165, 1.54) is 6.42 Å². The maximum atomic E-state index is 12.3. The van der Waals surface area contributed by atoms with Gasteiger partial charge in [-0.15, -0.1) is 0 Å². The number of hydrogen-bond donors (Lipinski definition) is 2. The van der Waals surface area contributed by atoms with Crippen molar-refractivity contribution in [1.29, 1.82) is 0 Å². The van der Waals surface area contributed by atoms with E-state index >= 15 is 0 Å². The first kappa shape index (κ1) is 13.0. The molecule has 0 aromatic carbocycles. The molecular weight excluding hydrogens is 226 g/mol. The van der Waals surface area contributed by atoms with Crippen LogP contribution in [-0.2, 0) is 0 Å². The first-order valence-corrected chi connectivity index (χ1v) is 6.81. The second-order valence-electron chi connectivity index (χ2n) is 5.57. The van der Waals surface area contributed by atoms with E-state index in [4.69, 9.17) is 5.73 Å². The van der Waals surface area contributed by atoms with Crippen molar-refractivity contribution < 1.29 is 4.79 Å². The van der Waals surface area contributed by atoms with Crippen molar-refractivity contribution in [1.82, 2.24) is 9.88 Å². The van der Waals surface area contributed by atoms with Crippen LogP contribution >= 0.6 is 0 Å². The maximum absolute atomic E-state index is 12.3. The van der Waals surface area contributed by atoms with Crippen molar-refractivity contribution >= 4 is 11.6 Å². The number of aromatic amines is 1. The van der Waals surface area contributed by atoms with E-state index in [1.807, 2.05) is 4.90 Å². The highest BCUT2D eigenvalue weighted by Gasteiger charge is 2.23. The average molecular weight is 249 g/mol. The zero-order chi connectivity index (χ0) is 13.1. The van der Waals surface area contributed by atoms with Crippen LogP contribution in [0.4, 0.5) is 5.69 Å². The van der Waals surface area contributed by atoms with Crippen LogP contribution in [0.2, 0.25) is 0 Å². The Labute approximate surface area is 109 Å². The van der Waals surface area contributed by atoms with Crippen LogP contribution in [0, 0.1) is 11.8 Å². The van der Waals surface area contributed by atoms with E-state index in [0.29, 0.717) is 17.3 Å². The second kappa shape index (κ2) is 5.46. The summed E-state index contributed by atoms with van der Waals surface area (Å²) in [6.45, 7) is 6.27. The highest BCUT2D eigenvalue weighted by Crippen LogP contribution is 2.25. The fourth-order valence-electron chi connectivity index (χ4n) is 2.70. The van der Waals surface area contributed by atoms with Gasteiger partial charge < -0.3 is 15.6 Å². The Morgan fingerprint density at radius 2 is 2.22 bits per heavy atom. The smallest absolute Gasteiger partial charge is 0.270 e. The summed E-state index contributed by atoms with van der Waals surface area (Å²) in [5.41, 5.74) is 6.86. The van der Waals surface area contributed by atoms with Gasteiger partial charge in [0.1, 0.15) is 5.69 Å². The Bertz CT molecular complexity index is 411. The summed E-state index contributed by atoms with van der Waals surface area (Å²) in [7, 11) is 0. The van der Waals surface area contributed by atoms with Crippen molar-refractivity contribution in [3.63, 3.8) is 0 Å². The molecule has 100 valence electrons. The molecule has 1 atom stereocenters. The molecule has 4 nitrogen and oxygen atoms in total. The normalized spacial score (nSPS) is 21.1. The number of carbonyl (C=O) groups is 1. The fraction of sp³-hybridized carbons (Fsp3) is 0.643. The predicted octanol–water partition coefficient (Wildman–Crippen LogP) is 2.50. The molecule has 1 aromatic heterocycles. The summed E-state index contributed by atoms with van der Waals surface area (Å²) >= 11 is 0. The minimum atomic E-state index is 0.0797. The molecule has 3 N–H and O–H groups in total. The third-order valence-corrected chi connectivity index (χ3v) is 3.94. The predicted molar refractivity (Wildman–Crippen MR) is 73.3 cm³/mol. The molecule has 0 spiro atoms. The summed E-state index contributed by atoms with van der Waals surface area (Å²) in [6.07, 6.45) is 5.11. The van der Waals surface area contributed by atoms with Gasteiger partial charge in [0.2, 0.25) is 0 Å². The first-order chi connectivity index (χ1) is 8.58. The van der Waals surface area contributed by atoms with Gasteiger partial charge in [-0.05, 0) is 37.2 Å². The number of anilines is 1. The molecule has 18 heavy (non-hydrogen) atoms. The SMILES string of the molecule is CC(C)C1CCCN(C(=O)c2cc(N)c[nH]2)CC1. The van der Waals surface area contributed by atoms with Gasteiger partial charge in [-0.2, -0.15) is 0 Å². The number of hydrogen-bond acceptors (Lipinski definition) is 2. The zero-order valence-corrected chi connectivity index (χ0v) is 11.3. The van der Waals surface area contributed by atoms with Crippen molar-refractivity contribution in [2.45, 2.75) is 33.1 Å². The van der Waals surface area contributed by atoms with Crippen LogP contribution in [-0.4, -0.2) is 28.9 Å². The fourth-order valence-corrected chi connectivity index (χ4v) is 2.70.